The van der Waals surface area contributed by atoms with Gasteiger partial charge in [-0.05, 0) is 69.3 Å². The van der Waals surface area contributed by atoms with Gasteiger partial charge in [-0.3, -0.25) is 9.52 Å². The molecule has 1 atom stereocenters. The zero-order valence-electron chi connectivity index (χ0n) is 19.2. The van der Waals surface area contributed by atoms with Gasteiger partial charge in [0.1, 0.15) is 11.3 Å². The van der Waals surface area contributed by atoms with E-state index in [2.05, 4.69) is 9.82 Å². The molecule has 1 aromatic carbocycles. The third-order valence-corrected chi connectivity index (χ3v) is 5.99. The second-order valence-electron chi connectivity index (χ2n) is 8.42. The summed E-state index contributed by atoms with van der Waals surface area (Å²) in [7, 11) is 0. The number of hydrogen-bond donors (Lipinski definition) is 1. The van der Waals surface area contributed by atoms with Crippen molar-refractivity contribution in [2.45, 2.75) is 44.4 Å². The monoisotopic (exact) mass is 468 g/mol. The van der Waals surface area contributed by atoms with E-state index in [1.54, 1.807) is 18.3 Å². The van der Waals surface area contributed by atoms with Gasteiger partial charge in [0.25, 0.3) is 5.91 Å². The zero-order valence-corrected chi connectivity index (χ0v) is 22.0. The number of anilines is 1. The fourth-order valence-electron chi connectivity index (χ4n) is 3.79. The Morgan fingerprint density at radius 3 is 2.69 bits per heavy atom. The summed E-state index contributed by atoms with van der Waals surface area (Å²) in [6.45, 7) is 6.59. The predicted molar refractivity (Wildman–Crippen MR) is 122 cm³/mol. The van der Waals surface area contributed by atoms with Crippen molar-refractivity contribution in [1.82, 2.24) is 14.3 Å². The topological polar surface area (TPSA) is 49.6 Å². The van der Waals surface area contributed by atoms with Crippen LogP contribution in [0.15, 0.2) is 42.7 Å². The number of aromatic nitrogens is 2. The molecular weight excluding hydrogens is 441 g/mol. The van der Waals surface area contributed by atoms with E-state index in [-0.39, 0.29) is 70.6 Å². The van der Waals surface area contributed by atoms with E-state index in [9.17, 15) is 9.18 Å². The number of halogens is 2. The van der Waals surface area contributed by atoms with E-state index in [0.717, 1.165) is 18.4 Å². The first-order valence-electron chi connectivity index (χ1n) is 9.91. The van der Waals surface area contributed by atoms with Gasteiger partial charge in [-0.15, -0.1) is 0 Å². The summed E-state index contributed by atoms with van der Waals surface area (Å²) in [6.07, 6.45) is 4.72. The van der Waals surface area contributed by atoms with Gasteiger partial charge >= 0.3 is 29.6 Å². The Hall–Kier alpha value is -1.61. The maximum atomic E-state index is 15.7. The van der Waals surface area contributed by atoms with Crippen LogP contribution in [0.2, 0.25) is 0 Å². The van der Waals surface area contributed by atoms with Crippen molar-refractivity contribution in [2.75, 3.05) is 11.4 Å². The Labute approximate surface area is 214 Å². The van der Waals surface area contributed by atoms with Crippen LogP contribution in [0.1, 0.15) is 55.6 Å². The Bertz CT molecular complexity index is 1100. The molecule has 1 N–H and O–H groups in total. The number of rotatable bonds is 4. The van der Waals surface area contributed by atoms with Crippen molar-refractivity contribution in [3.05, 3.63) is 72.9 Å². The molecule has 3 heterocycles. The largest absolute Gasteiger partial charge is 1.00 e. The molecule has 9 heteroatoms. The molecule has 4 rings (SSSR count). The van der Waals surface area contributed by atoms with Gasteiger partial charge in [0, 0.05) is 17.5 Å². The number of nitrogens with zero attached hydrogens (tertiary/aromatic N) is 3. The van der Waals surface area contributed by atoms with E-state index >= 15 is 4.39 Å². The number of pyridine rings is 1. The van der Waals surface area contributed by atoms with Crippen molar-refractivity contribution in [1.29, 1.82) is 0 Å². The maximum absolute atomic E-state index is 15.7. The summed E-state index contributed by atoms with van der Waals surface area (Å²) in [5.41, 5.74) is 1.55. The zero-order chi connectivity index (χ0) is 21.5. The van der Waals surface area contributed by atoms with Crippen LogP contribution in [0, 0.1) is 19.1 Å². The van der Waals surface area contributed by atoms with Gasteiger partial charge in [0.2, 0.25) is 0 Å². The first-order valence-corrected chi connectivity index (χ1v) is 10.7. The molecule has 0 spiro atoms. The summed E-state index contributed by atoms with van der Waals surface area (Å²) in [4.78, 5) is 14.6. The fraction of sp³-hybridized carbons (Fsp3) is 0.348. The first-order chi connectivity index (χ1) is 14.2. The van der Waals surface area contributed by atoms with E-state index < -0.39 is 5.82 Å². The first kappa shape index (κ1) is 26.6. The average molecular weight is 469 g/mol. The molecule has 1 fully saturated rings. The number of amides is 1. The molecule has 1 amide bonds. The van der Waals surface area contributed by atoms with Crippen molar-refractivity contribution in [3.63, 3.8) is 0 Å². The standard InChI is InChI=1S/C22H24F2N4OS.CH3.Na/c1-22(2,3)30-26-21(29)16-13-25-28-11-9-18(19(24)20(16)28)27-10-5-8-17(27)14-6-4-7-15(23)12-14;;/h4,6-7,9,11-13,17H,5,8,10H2,1-3H3,(H,26,29);1H3;/q;-1;+1. The number of nitrogens with one attached hydrogen (secondary N) is 1. The Kier molecular flexibility index (Phi) is 8.78. The summed E-state index contributed by atoms with van der Waals surface area (Å²) in [5.74, 6) is -1.19. The predicted octanol–water partition coefficient (Wildman–Crippen LogP) is 2.58. The van der Waals surface area contributed by atoms with E-state index in [1.165, 1.54) is 34.8 Å². The van der Waals surface area contributed by atoms with Crippen molar-refractivity contribution in [3.8, 4) is 0 Å². The Morgan fingerprint density at radius 2 is 2.00 bits per heavy atom. The third-order valence-electron chi connectivity index (χ3n) is 5.09. The number of hydrogen-bond acceptors (Lipinski definition) is 4. The second-order valence-corrected chi connectivity index (χ2v) is 10.1. The van der Waals surface area contributed by atoms with Crippen molar-refractivity contribution >= 4 is 29.1 Å². The van der Waals surface area contributed by atoms with Gasteiger partial charge in [0.15, 0.2) is 5.82 Å². The molecule has 0 bridgehead atoms. The van der Waals surface area contributed by atoms with Crippen LogP contribution < -0.4 is 39.2 Å². The molecule has 0 radical (unpaired) electrons. The molecule has 0 aliphatic carbocycles. The van der Waals surface area contributed by atoms with Crippen LogP contribution >= 0.6 is 11.9 Å². The number of fused-ring (bicyclic) bond motifs is 1. The summed E-state index contributed by atoms with van der Waals surface area (Å²) in [5, 5.41) is 4.14. The van der Waals surface area contributed by atoms with Crippen molar-refractivity contribution < 1.29 is 43.1 Å². The normalized spacial score (nSPS) is 15.9. The van der Waals surface area contributed by atoms with Gasteiger partial charge < -0.3 is 12.3 Å². The van der Waals surface area contributed by atoms with Crippen LogP contribution in [0.3, 0.4) is 0 Å². The minimum atomic E-state index is -0.496. The molecule has 0 saturated carbocycles. The van der Waals surface area contributed by atoms with Gasteiger partial charge in [-0.2, -0.15) is 5.10 Å². The van der Waals surface area contributed by atoms with Gasteiger partial charge in [-0.25, -0.2) is 13.3 Å². The van der Waals surface area contributed by atoms with Gasteiger partial charge in [0.05, 0.1) is 23.5 Å². The number of benzene rings is 1. The third kappa shape index (κ3) is 5.47. The number of carbonyl (C=O) groups excluding carboxylic acids is 1. The van der Waals surface area contributed by atoms with Crippen LogP contribution in [-0.4, -0.2) is 26.8 Å². The van der Waals surface area contributed by atoms with Crippen LogP contribution in [0.4, 0.5) is 14.5 Å². The smallest absolute Gasteiger partial charge is 0.362 e. The SMILES string of the molecule is CC(C)(C)SNC(=O)c1cnn2ccc(N3CCCC3c3cccc(F)c3)c(F)c12.[CH3-].[Na+]. The van der Waals surface area contributed by atoms with Crippen LogP contribution in [0.5, 0.6) is 0 Å². The quantitative estimate of drug-likeness (QED) is 0.363. The average Bonchev–Trinajstić information content (AvgIpc) is 3.33. The van der Waals surface area contributed by atoms with Gasteiger partial charge in [-0.1, -0.05) is 12.1 Å². The summed E-state index contributed by atoms with van der Waals surface area (Å²) >= 11 is 1.28. The summed E-state index contributed by atoms with van der Waals surface area (Å²) in [6, 6.07) is 7.99. The molecule has 5 nitrogen and oxygen atoms in total. The molecule has 1 unspecified atom stereocenters. The minimum Gasteiger partial charge on any atom is -0.362 e. The van der Waals surface area contributed by atoms with E-state index in [0.29, 0.717) is 12.2 Å². The molecule has 2 aromatic heterocycles. The fourth-order valence-corrected chi connectivity index (χ4v) is 4.30. The molecule has 1 aliphatic heterocycles. The molecular formula is C23H27F2N4NaOS. The Morgan fingerprint density at radius 1 is 1.25 bits per heavy atom. The molecule has 1 aliphatic rings. The molecule has 3 aromatic rings. The Balaban J connectivity index is 0.00000181. The molecule has 166 valence electrons. The van der Waals surface area contributed by atoms with E-state index in [1.807, 2.05) is 31.7 Å². The van der Waals surface area contributed by atoms with Crippen LogP contribution in [-0.2, 0) is 0 Å². The van der Waals surface area contributed by atoms with Crippen LogP contribution in [0.25, 0.3) is 5.52 Å². The minimum absolute atomic E-state index is 0. The summed E-state index contributed by atoms with van der Waals surface area (Å²) < 4.78 is 33.4. The van der Waals surface area contributed by atoms with E-state index in [4.69, 9.17) is 0 Å². The molecule has 1 saturated heterocycles. The number of carbonyl (C=O) groups is 1. The molecule has 32 heavy (non-hydrogen) atoms. The second kappa shape index (κ2) is 10.5. The van der Waals surface area contributed by atoms with Crippen molar-refractivity contribution in [2.24, 2.45) is 0 Å². The maximum Gasteiger partial charge on any atom is 1.00 e.